The zero-order valence-corrected chi connectivity index (χ0v) is 20.5. The highest BCUT2D eigenvalue weighted by Gasteiger charge is 2.17. The summed E-state index contributed by atoms with van der Waals surface area (Å²) in [6, 6.07) is 12.3. The number of nitrogens with one attached hydrogen (secondary N) is 1. The van der Waals surface area contributed by atoms with Crippen molar-refractivity contribution in [3.63, 3.8) is 0 Å². The first-order valence-corrected chi connectivity index (χ1v) is 12.5. The maximum atomic E-state index is 12.8. The van der Waals surface area contributed by atoms with E-state index in [1.807, 2.05) is 51.1 Å². The van der Waals surface area contributed by atoms with Crippen molar-refractivity contribution in [1.82, 2.24) is 5.32 Å². The number of amides is 1. The summed E-state index contributed by atoms with van der Waals surface area (Å²) in [5, 5.41) is 4.20. The molecular formula is C29H35NO4. The molecule has 1 aliphatic carbocycles. The van der Waals surface area contributed by atoms with E-state index in [4.69, 9.17) is 13.9 Å². The summed E-state index contributed by atoms with van der Waals surface area (Å²) in [5.41, 5.74) is 4.57. The van der Waals surface area contributed by atoms with Crippen LogP contribution in [0, 0.1) is 0 Å². The molecule has 1 aliphatic rings. The molecule has 1 heterocycles. The van der Waals surface area contributed by atoms with Gasteiger partial charge in [0.15, 0.2) is 0 Å². The number of fused-ring (bicyclic) bond motifs is 1. The average Bonchev–Trinajstić information content (AvgIpc) is 3.06. The summed E-state index contributed by atoms with van der Waals surface area (Å²) in [4.78, 5) is 12.8. The minimum atomic E-state index is -0.0362. The van der Waals surface area contributed by atoms with Gasteiger partial charge in [-0.25, -0.2) is 0 Å². The van der Waals surface area contributed by atoms with Crippen LogP contribution in [0.5, 0.6) is 11.5 Å². The third-order valence-corrected chi connectivity index (χ3v) is 6.43. The first kappa shape index (κ1) is 23.9. The molecule has 0 radical (unpaired) electrons. The Kier molecular flexibility index (Phi) is 7.94. The highest BCUT2D eigenvalue weighted by molar-refractivity contribution is 6.00. The van der Waals surface area contributed by atoms with Crippen molar-refractivity contribution in [2.45, 2.75) is 65.3 Å². The first-order valence-electron chi connectivity index (χ1n) is 12.5. The van der Waals surface area contributed by atoms with Crippen LogP contribution < -0.4 is 14.8 Å². The summed E-state index contributed by atoms with van der Waals surface area (Å²) < 4.78 is 17.4. The number of benzene rings is 2. The molecule has 4 rings (SSSR count). The van der Waals surface area contributed by atoms with Crippen LogP contribution in [-0.4, -0.2) is 25.2 Å². The Morgan fingerprint density at radius 3 is 2.41 bits per heavy atom. The standard InChI is InChI=1S/C29H35NO4/c1-4-32-23-14-12-21(13-15-23)26-19-34-28-18-27(33-5-2)24(17-25(26)28)20(3)16-29(31)30-22-10-8-6-7-9-11-22/h12-19,22H,4-11H2,1-3H3,(H,30,31)/b20-16+. The van der Waals surface area contributed by atoms with Gasteiger partial charge in [-0.15, -0.1) is 0 Å². The molecule has 0 unspecified atom stereocenters. The Labute approximate surface area is 202 Å². The summed E-state index contributed by atoms with van der Waals surface area (Å²) >= 11 is 0. The normalized spacial score (nSPS) is 15.2. The number of allylic oxidation sites excluding steroid dienone is 1. The fourth-order valence-electron chi connectivity index (χ4n) is 4.70. The lowest BCUT2D eigenvalue weighted by Crippen LogP contribution is -2.33. The van der Waals surface area contributed by atoms with E-state index in [9.17, 15) is 4.79 Å². The second kappa shape index (κ2) is 11.3. The van der Waals surface area contributed by atoms with Crippen LogP contribution in [0.3, 0.4) is 0 Å². The molecule has 0 spiro atoms. The van der Waals surface area contributed by atoms with Gasteiger partial charge in [-0.2, -0.15) is 0 Å². The molecule has 1 amide bonds. The number of hydrogen-bond acceptors (Lipinski definition) is 4. The van der Waals surface area contributed by atoms with E-state index in [0.717, 1.165) is 57.6 Å². The third kappa shape index (κ3) is 5.64. The molecule has 180 valence electrons. The average molecular weight is 462 g/mol. The number of hydrogen-bond donors (Lipinski definition) is 1. The van der Waals surface area contributed by atoms with Gasteiger partial charge >= 0.3 is 0 Å². The van der Waals surface area contributed by atoms with E-state index in [1.165, 1.54) is 25.7 Å². The van der Waals surface area contributed by atoms with E-state index < -0.39 is 0 Å². The predicted octanol–water partition coefficient (Wildman–Crippen LogP) is 7.14. The lowest BCUT2D eigenvalue weighted by Gasteiger charge is -2.16. The lowest BCUT2D eigenvalue weighted by molar-refractivity contribution is -0.117. The molecule has 1 saturated carbocycles. The molecule has 1 fully saturated rings. The molecule has 0 bridgehead atoms. The van der Waals surface area contributed by atoms with E-state index in [-0.39, 0.29) is 11.9 Å². The van der Waals surface area contributed by atoms with Gasteiger partial charge < -0.3 is 19.2 Å². The molecule has 5 heteroatoms. The highest BCUT2D eigenvalue weighted by Crippen LogP contribution is 2.38. The summed E-state index contributed by atoms with van der Waals surface area (Å²) in [7, 11) is 0. The van der Waals surface area contributed by atoms with E-state index in [2.05, 4.69) is 11.4 Å². The Bertz CT molecular complexity index is 1130. The minimum absolute atomic E-state index is 0.0362. The van der Waals surface area contributed by atoms with Crippen LogP contribution in [0.25, 0.3) is 27.7 Å². The SMILES string of the molecule is CCOc1ccc(-c2coc3cc(OCC)c(/C(C)=C/C(=O)NC4CCCCCC4)cc23)cc1. The van der Waals surface area contributed by atoms with Crippen LogP contribution in [0.15, 0.2) is 53.2 Å². The predicted molar refractivity (Wildman–Crippen MR) is 137 cm³/mol. The fraction of sp³-hybridized carbons (Fsp3) is 0.414. The Morgan fingerprint density at radius 2 is 1.74 bits per heavy atom. The highest BCUT2D eigenvalue weighted by atomic mass is 16.5. The first-order chi connectivity index (χ1) is 16.6. The zero-order valence-electron chi connectivity index (χ0n) is 20.5. The van der Waals surface area contributed by atoms with Crippen LogP contribution in [0.4, 0.5) is 0 Å². The van der Waals surface area contributed by atoms with E-state index >= 15 is 0 Å². The van der Waals surface area contributed by atoms with Gasteiger partial charge in [-0.05, 0) is 62.9 Å². The number of carbonyl (C=O) groups is 1. The maximum absolute atomic E-state index is 12.8. The minimum Gasteiger partial charge on any atom is -0.494 e. The van der Waals surface area contributed by atoms with Crippen molar-refractivity contribution in [2.75, 3.05) is 13.2 Å². The van der Waals surface area contributed by atoms with Crippen LogP contribution in [0.1, 0.15) is 64.9 Å². The van der Waals surface area contributed by atoms with Gasteiger partial charge in [0.25, 0.3) is 0 Å². The maximum Gasteiger partial charge on any atom is 0.244 e. The van der Waals surface area contributed by atoms with Gasteiger partial charge in [0, 0.05) is 34.7 Å². The molecule has 34 heavy (non-hydrogen) atoms. The van der Waals surface area contributed by atoms with Crippen LogP contribution in [-0.2, 0) is 4.79 Å². The van der Waals surface area contributed by atoms with E-state index in [1.54, 1.807) is 12.3 Å². The number of carbonyl (C=O) groups excluding carboxylic acids is 1. The second-order valence-corrected chi connectivity index (χ2v) is 8.91. The second-order valence-electron chi connectivity index (χ2n) is 8.91. The van der Waals surface area contributed by atoms with Crippen molar-refractivity contribution in [3.05, 3.63) is 54.3 Å². The van der Waals surface area contributed by atoms with Crippen molar-refractivity contribution in [1.29, 1.82) is 0 Å². The van der Waals surface area contributed by atoms with E-state index in [0.29, 0.717) is 13.2 Å². The monoisotopic (exact) mass is 461 g/mol. The number of ether oxygens (including phenoxy) is 2. The summed E-state index contributed by atoms with van der Waals surface area (Å²) in [5.74, 6) is 1.53. The quantitative estimate of drug-likeness (QED) is 0.286. The Balaban J connectivity index is 1.64. The third-order valence-electron chi connectivity index (χ3n) is 6.43. The fourth-order valence-corrected chi connectivity index (χ4v) is 4.70. The number of rotatable bonds is 8. The Morgan fingerprint density at radius 1 is 1.03 bits per heavy atom. The van der Waals surface area contributed by atoms with Crippen LogP contribution in [0.2, 0.25) is 0 Å². The Hall–Kier alpha value is -3.21. The van der Waals surface area contributed by atoms with Crippen molar-refractivity contribution in [2.24, 2.45) is 0 Å². The lowest BCUT2D eigenvalue weighted by atomic mass is 9.99. The molecule has 1 N–H and O–H groups in total. The molecule has 3 aromatic rings. The summed E-state index contributed by atoms with van der Waals surface area (Å²) in [6.07, 6.45) is 10.5. The topological polar surface area (TPSA) is 60.7 Å². The van der Waals surface area contributed by atoms with Gasteiger partial charge in [0.05, 0.1) is 19.5 Å². The summed E-state index contributed by atoms with van der Waals surface area (Å²) in [6.45, 7) is 7.07. The molecule has 0 aliphatic heterocycles. The molecule has 0 saturated heterocycles. The van der Waals surface area contributed by atoms with Gasteiger partial charge in [0.1, 0.15) is 17.1 Å². The zero-order chi connectivity index (χ0) is 23.9. The molecule has 5 nitrogen and oxygen atoms in total. The van der Waals surface area contributed by atoms with Crippen molar-refractivity contribution < 1.29 is 18.7 Å². The largest absolute Gasteiger partial charge is 0.494 e. The molecular weight excluding hydrogens is 426 g/mol. The van der Waals surface area contributed by atoms with Gasteiger partial charge in [0.2, 0.25) is 5.91 Å². The molecule has 2 aromatic carbocycles. The van der Waals surface area contributed by atoms with Crippen molar-refractivity contribution >= 4 is 22.4 Å². The van der Waals surface area contributed by atoms with Gasteiger partial charge in [-0.1, -0.05) is 37.8 Å². The molecule has 1 aromatic heterocycles. The number of furan rings is 1. The molecule has 0 atom stereocenters. The van der Waals surface area contributed by atoms with Gasteiger partial charge in [-0.3, -0.25) is 4.79 Å². The smallest absolute Gasteiger partial charge is 0.244 e. The van der Waals surface area contributed by atoms with Crippen LogP contribution >= 0.6 is 0 Å². The van der Waals surface area contributed by atoms with Crippen molar-refractivity contribution in [3.8, 4) is 22.6 Å².